The van der Waals surface area contributed by atoms with Gasteiger partial charge in [0.1, 0.15) is 0 Å². The van der Waals surface area contributed by atoms with E-state index in [1.165, 1.54) is 0 Å². The minimum atomic E-state index is -2.86. The Morgan fingerprint density at radius 1 is 1.53 bits per heavy atom. The largest absolute Gasteiger partial charge is 0.481 e. The first-order valence-corrected chi connectivity index (χ1v) is 8.31. The summed E-state index contributed by atoms with van der Waals surface area (Å²) >= 11 is 0. The molecule has 2 unspecified atom stereocenters. The molecule has 0 aliphatic carbocycles. The molecule has 5 nitrogen and oxygen atoms in total. The molecule has 0 bridgehead atoms. The maximum absolute atomic E-state index is 11.6. The predicted molar refractivity (Wildman–Crippen MR) is 74.0 cm³/mol. The number of sulfone groups is 1. The van der Waals surface area contributed by atoms with Crippen LogP contribution in [0.3, 0.4) is 0 Å². The average Bonchev–Trinajstić information content (AvgIpc) is 2.76. The third-order valence-corrected chi connectivity index (χ3v) is 5.28. The standard InChI is InChI=1S/C13H20N2O3S/c1-3-14-13(11-6-7-19(16,17)9-11)10-4-5-12(18-2)15-8-10/h4-5,8,11,13-14H,3,6-7,9H2,1-2H3. The van der Waals surface area contributed by atoms with Gasteiger partial charge in [0.2, 0.25) is 5.88 Å². The van der Waals surface area contributed by atoms with Gasteiger partial charge in [-0.3, -0.25) is 0 Å². The van der Waals surface area contributed by atoms with Gasteiger partial charge in [-0.1, -0.05) is 13.0 Å². The number of hydrogen-bond donors (Lipinski definition) is 1. The van der Waals surface area contributed by atoms with Crippen molar-refractivity contribution in [2.45, 2.75) is 19.4 Å². The van der Waals surface area contributed by atoms with Gasteiger partial charge < -0.3 is 10.1 Å². The summed E-state index contributed by atoms with van der Waals surface area (Å²) in [6.45, 7) is 2.82. The lowest BCUT2D eigenvalue weighted by molar-refractivity contribution is 0.387. The van der Waals surface area contributed by atoms with Crippen molar-refractivity contribution in [1.29, 1.82) is 0 Å². The van der Waals surface area contributed by atoms with E-state index in [1.54, 1.807) is 13.3 Å². The smallest absolute Gasteiger partial charge is 0.212 e. The summed E-state index contributed by atoms with van der Waals surface area (Å²) in [4.78, 5) is 4.20. The van der Waals surface area contributed by atoms with Crippen LogP contribution in [-0.4, -0.2) is 38.6 Å². The van der Waals surface area contributed by atoms with Gasteiger partial charge >= 0.3 is 0 Å². The van der Waals surface area contributed by atoms with E-state index < -0.39 is 9.84 Å². The van der Waals surface area contributed by atoms with E-state index in [9.17, 15) is 8.42 Å². The van der Waals surface area contributed by atoms with Gasteiger partial charge in [0.25, 0.3) is 0 Å². The molecule has 6 heteroatoms. The van der Waals surface area contributed by atoms with Crippen molar-refractivity contribution in [3.8, 4) is 5.88 Å². The van der Waals surface area contributed by atoms with Gasteiger partial charge in [0, 0.05) is 18.3 Å². The highest BCUT2D eigenvalue weighted by Crippen LogP contribution is 2.31. The van der Waals surface area contributed by atoms with E-state index in [2.05, 4.69) is 10.3 Å². The van der Waals surface area contributed by atoms with Gasteiger partial charge in [-0.05, 0) is 24.4 Å². The zero-order valence-corrected chi connectivity index (χ0v) is 12.1. The number of rotatable bonds is 5. The van der Waals surface area contributed by atoms with Gasteiger partial charge in [-0.2, -0.15) is 0 Å². The van der Waals surface area contributed by atoms with Crippen LogP contribution in [-0.2, 0) is 9.84 Å². The van der Waals surface area contributed by atoms with Crippen LogP contribution in [0.2, 0.25) is 0 Å². The molecule has 1 aromatic rings. The number of pyridine rings is 1. The summed E-state index contributed by atoms with van der Waals surface area (Å²) in [5.41, 5.74) is 1.02. The third kappa shape index (κ3) is 3.45. The van der Waals surface area contributed by atoms with Gasteiger partial charge in [0.15, 0.2) is 9.84 Å². The quantitative estimate of drug-likeness (QED) is 0.879. The molecule has 0 amide bonds. The van der Waals surface area contributed by atoms with Crippen LogP contribution in [0.5, 0.6) is 5.88 Å². The lowest BCUT2D eigenvalue weighted by Crippen LogP contribution is -2.29. The highest BCUT2D eigenvalue weighted by molar-refractivity contribution is 7.91. The van der Waals surface area contributed by atoms with Gasteiger partial charge in [-0.25, -0.2) is 13.4 Å². The molecule has 2 heterocycles. The molecule has 1 N–H and O–H groups in total. The molecular formula is C13H20N2O3S. The summed E-state index contributed by atoms with van der Waals surface area (Å²) in [5.74, 6) is 1.25. The summed E-state index contributed by atoms with van der Waals surface area (Å²) in [5, 5.41) is 3.37. The van der Waals surface area contributed by atoms with Crippen molar-refractivity contribution >= 4 is 9.84 Å². The summed E-state index contributed by atoms with van der Waals surface area (Å²) < 4.78 is 28.3. The highest BCUT2D eigenvalue weighted by atomic mass is 32.2. The summed E-state index contributed by atoms with van der Waals surface area (Å²) in [6, 6.07) is 3.80. The van der Waals surface area contributed by atoms with Crippen LogP contribution >= 0.6 is 0 Å². The van der Waals surface area contributed by atoms with Crippen LogP contribution < -0.4 is 10.1 Å². The number of nitrogens with zero attached hydrogens (tertiary/aromatic N) is 1. The number of methoxy groups -OCH3 is 1. The molecule has 1 saturated heterocycles. The molecule has 1 aliphatic heterocycles. The van der Waals surface area contributed by atoms with Gasteiger partial charge in [-0.15, -0.1) is 0 Å². The molecule has 0 radical (unpaired) electrons. The fourth-order valence-electron chi connectivity index (χ4n) is 2.56. The van der Waals surface area contributed by atoms with Gasteiger partial charge in [0.05, 0.1) is 18.6 Å². The minimum absolute atomic E-state index is 0.0423. The Balaban J connectivity index is 2.19. The van der Waals surface area contributed by atoms with Crippen LogP contribution in [0.15, 0.2) is 18.3 Å². The molecule has 1 aromatic heterocycles. The lowest BCUT2D eigenvalue weighted by atomic mass is 9.93. The van der Waals surface area contributed by atoms with Crippen molar-refractivity contribution < 1.29 is 13.2 Å². The van der Waals surface area contributed by atoms with E-state index >= 15 is 0 Å². The Bertz CT molecular complexity index is 513. The molecule has 0 saturated carbocycles. The summed E-state index contributed by atoms with van der Waals surface area (Å²) in [7, 11) is -1.29. The molecule has 2 atom stereocenters. The van der Waals surface area contributed by atoms with Crippen LogP contribution in [0.1, 0.15) is 24.9 Å². The fraction of sp³-hybridized carbons (Fsp3) is 0.615. The molecular weight excluding hydrogens is 264 g/mol. The fourth-order valence-corrected chi connectivity index (χ4v) is 4.40. The van der Waals surface area contributed by atoms with Crippen molar-refractivity contribution in [3.63, 3.8) is 0 Å². The average molecular weight is 284 g/mol. The first kappa shape index (κ1) is 14.3. The van der Waals surface area contributed by atoms with Crippen molar-refractivity contribution in [2.24, 2.45) is 5.92 Å². The Kier molecular flexibility index (Phi) is 4.42. The second-order valence-electron chi connectivity index (χ2n) is 4.83. The Morgan fingerprint density at radius 3 is 2.79 bits per heavy atom. The van der Waals surface area contributed by atoms with E-state index in [-0.39, 0.29) is 17.7 Å². The van der Waals surface area contributed by atoms with E-state index in [4.69, 9.17) is 4.74 Å². The Morgan fingerprint density at radius 2 is 2.32 bits per heavy atom. The predicted octanol–water partition coefficient (Wildman–Crippen LogP) is 1.18. The summed E-state index contributed by atoms with van der Waals surface area (Å²) in [6.07, 6.45) is 2.48. The number of ether oxygens (including phenoxy) is 1. The second-order valence-corrected chi connectivity index (χ2v) is 7.06. The van der Waals surface area contributed by atoms with Crippen molar-refractivity contribution in [1.82, 2.24) is 10.3 Å². The lowest BCUT2D eigenvalue weighted by Gasteiger charge is -2.23. The molecule has 106 valence electrons. The number of hydrogen-bond acceptors (Lipinski definition) is 5. The molecule has 1 fully saturated rings. The SMILES string of the molecule is CCNC(c1ccc(OC)nc1)C1CCS(=O)(=O)C1. The monoisotopic (exact) mass is 284 g/mol. The highest BCUT2D eigenvalue weighted by Gasteiger charge is 2.34. The van der Waals surface area contributed by atoms with E-state index in [1.807, 2.05) is 19.1 Å². The van der Waals surface area contributed by atoms with Crippen LogP contribution in [0, 0.1) is 5.92 Å². The number of aromatic nitrogens is 1. The first-order valence-electron chi connectivity index (χ1n) is 6.49. The third-order valence-electron chi connectivity index (χ3n) is 3.49. The maximum atomic E-state index is 11.6. The zero-order valence-electron chi connectivity index (χ0n) is 11.3. The van der Waals surface area contributed by atoms with Crippen molar-refractivity contribution in [3.05, 3.63) is 23.9 Å². The molecule has 0 aromatic carbocycles. The van der Waals surface area contributed by atoms with E-state index in [0.29, 0.717) is 18.1 Å². The normalized spacial score (nSPS) is 23.2. The van der Waals surface area contributed by atoms with Crippen molar-refractivity contribution in [2.75, 3.05) is 25.2 Å². The molecule has 0 spiro atoms. The van der Waals surface area contributed by atoms with Crippen LogP contribution in [0.25, 0.3) is 0 Å². The Hall–Kier alpha value is -1.14. The first-order chi connectivity index (χ1) is 9.05. The van der Waals surface area contributed by atoms with Crippen LogP contribution in [0.4, 0.5) is 0 Å². The topological polar surface area (TPSA) is 68.3 Å². The van der Waals surface area contributed by atoms with E-state index in [0.717, 1.165) is 12.1 Å². The minimum Gasteiger partial charge on any atom is -0.481 e. The zero-order chi connectivity index (χ0) is 13.9. The number of nitrogens with one attached hydrogen (secondary N) is 1. The second kappa shape index (κ2) is 5.88. The Labute approximate surface area is 114 Å². The maximum Gasteiger partial charge on any atom is 0.212 e. The molecule has 19 heavy (non-hydrogen) atoms. The molecule has 2 rings (SSSR count). The molecule has 1 aliphatic rings.